The van der Waals surface area contributed by atoms with Crippen molar-refractivity contribution in [3.8, 4) is 0 Å². The van der Waals surface area contributed by atoms with E-state index in [1.807, 2.05) is 11.6 Å². The topological polar surface area (TPSA) is 47.1 Å². The van der Waals surface area contributed by atoms with Gasteiger partial charge in [-0.15, -0.1) is 0 Å². The first-order valence-corrected chi connectivity index (χ1v) is 8.49. The molecule has 5 heteroatoms. The second kappa shape index (κ2) is 6.36. The molecule has 1 fully saturated rings. The molecule has 0 radical (unpaired) electrons. The Morgan fingerprint density at radius 1 is 1.33 bits per heavy atom. The molecule has 0 amide bonds. The van der Waals surface area contributed by atoms with E-state index in [-0.39, 0.29) is 0 Å². The maximum Gasteiger partial charge on any atom is 0.135 e. The van der Waals surface area contributed by atoms with Crippen LogP contribution in [0.1, 0.15) is 30.1 Å². The Morgan fingerprint density at radius 3 is 2.76 bits per heavy atom. The van der Waals surface area contributed by atoms with E-state index in [1.54, 1.807) is 0 Å². The van der Waals surface area contributed by atoms with Crippen LogP contribution in [0.15, 0.2) is 30.3 Å². The summed E-state index contributed by atoms with van der Waals surface area (Å²) in [6.07, 6.45) is 2.36. The maximum atomic E-state index is 6.21. The van der Waals surface area contributed by atoms with E-state index in [1.165, 1.54) is 12.0 Å². The van der Waals surface area contributed by atoms with E-state index < -0.39 is 0 Å². The number of hydrogen-bond donors (Lipinski definition) is 1. The Bertz CT molecular complexity index is 608. The van der Waals surface area contributed by atoms with Gasteiger partial charge < -0.3 is 5.73 Å². The van der Waals surface area contributed by atoms with Crippen LogP contribution in [0.3, 0.4) is 0 Å². The van der Waals surface area contributed by atoms with Gasteiger partial charge in [-0.3, -0.25) is 4.90 Å². The van der Waals surface area contributed by atoms with Gasteiger partial charge >= 0.3 is 0 Å². The molecule has 21 heavy (non-hydrogen) atoms. The summed E-state index contributed by atoms with van der Waals surface area (Å²) in [5.41, 5.74) is 8.61. The fourth-order valence-corrected chi connectivity index (χ4v) is 3.39. The van der Waals surface area contributed by atoms with Gasteiger partial charge in [-0.1, -0.05) is 30.3 Å². The molecule has 0 spiro atoms. The predicted octanol–water partition coefficient (Wildman–Crippen LogP) is 3.22. The second-order valence-electron chi connectivity index (χ2n) is 5.75. The number of benzene rings is 1. The third kappa shape index (κ3) is 3.23. The SMILES string of the molecule is Cc1nn(C2CCCN(Cc3ccccc3)C2)c(N)c1I. The fraction of sp³-hybridized carbons (Fsp3) is 0.438. The van der Waals surface area contributed by atoms with Crippen molar-refractivity contribution >= 4 is 28.4 Å². The summed E-state index contributed by atoms with van der Waals surface area (Å²) < 4.78 is 3.13. The monoisotopic (exact) mass is 396 g/mol. The number of nitrogens with zero attached hydrogens (tertiary/aromatic N) is 3. The van der Waals surface area contributed by atoms with Gasteiger partial charge in [0.2, 0.25) is 0 Å². The maximum absolute atomic E-state index is 6.21. The quantitative estimate of drug-likeness (QED) is 0.811. The number of likely N-dealkylation sites (tertiary alicyclic amines) is 1. The number of nitrogen functional groups attached to an aromatic ring is 1. The zero-order chi connectivity index (χ0) is 14.8. The van der Waals surface area contributed by atoms with Crippen LogP contribution in [0.25, 0.3) is 0 Å². The number of rotatable bonds is 3. The van der Waals surface area contributed by atoms with Crippen molar-refractivity contribution in [3.05, 3.63) is 45.2 Å². The Hall–Kier alpha value is -1.08. The average molecular weight is 396 g/mol. The fourth-order valence-electron chi connectivity index (χ4n) is 3.04. The normalized spacial score (nSPS) is 19.8. The molecule has 2 N–H and O–H groups in total. The predicted molar refractivity (Wildman–Crippen MR) is 94.1 cm³/mol. The van der Waals surface area contributed by atoms with E-state index in [2.05, 4.69) is 62.9 Å². The van der Waals surface area contributed by atoms with E-state index >= 15 is 0 Å². The van der Waals surface area contributed by atoms with Crippen LogP contribution in [-0.4, -0.2) is 27.8 Å². The molecule has 1 saturated heterocycles. The van der Waals surface area contributed by atoms with Crippen molar-refractivity contribution in [1.29, 1.82) is 0 Å². The third-order valence-electron chi connectivity index (χ3n) is 4.12. The molecule has 0 aliphatic carbocycles. The Labute approximate surface area is 139 Å². The Balaban J connectivity index is 1.72. The molecule has 1 aromatic carbocycles. The van der Waals surface area contributed by atoms with E-state index in [0.717, 1.165) is 41.1 Å². The Kier molecular flexibility index (Phi) is 4.49. The van der Waals surface area contributed by atoms with Crippen molar-refractivity contribution in [3.63, 3.8) is 0 Å². The van der Waals surface area contributed by atoms with Gasteiger partial charge in [0.05, 0.1) is 15.3 Å². The van der Waals surface area contributed by atoms with Crippen molar-refractivity contribution in [2.75, 3.05) is 18.8 Å². The summed E-state index contributed by atoms with van der Waals surface area (Å²) in [4.78, 5) is 2.51. The summed E-state index contributed by atoms with van der Waals surface area (Å²) in [7, 11) is 0. The highest BCUT2D eigenvalue weighted by molar-refractivity contribution is 14.1. The van der Waals surface area contributed by atoms with Crippen molar-refractivity contribution in [2.45, 2.75) is 32.4 Å². The van der Waals surface area contributed by atoms with Crippen LogP contribution in [0.5, 0.6) is 0 Å². The summed E-state index contributed by atoms with van der Waals surface area (Å²) >= 11 is 2.29. The van der Waals surface area contributed by atoms with Crippen LogP contribution in [0, 0.1) is 10.5 Å². The first-order valence-electron chi connectivity index (χ1n) is 7.41. The summed E-state index contributed by atoms with van der Waals surface area (Å²) in [5.74, 6) is 0.819. The second-order valence-corrected chi connectivity index (χ2v) is 6.82. The average Bonchev–Trinajstić information content (AvgIpc) is 2.76. The highest BCUT2D eigenvalue weighted by Gasteiger charge is 2.24. The summed E-state index contributed by atoms with van der Waals surface area (Å²) in [6, 6.07) is 11.1. The molecule has 1 aromatic heterocycles. The van der Waals surface area contributed by atoms with Crippen LogP contribution < -0.4 is 5.73 Å². The molecule has 3 rings (SSSR count). The van der Waals surface area contributed by atoms with Gasteiger partial charge in [0.15, 0.2) is 0 Å². The Morgan fingerprint density at radius 2 is 2.10 bits per heavy atom. The smallest absolute Gasteiger partial charge is 0.135 e. The number of piperidine rings is 1. The highest BCUT2D eigenvalue weighted by atomic mass is 127. The molecule has 4 nitrogen and oxygen atoms in total. The molecule has 1 unspecified atom stereocenters. The molecule has 112 valence electrons. The molecular weight excluding hydrogens is 375 g/mol. The van der Waals surface area contributed by atoms with Gasteiger partial charge in [-0.25, -0.2) is 4.68 Å². The van der Waals surface area contributed by atoms with Crippen LogP contribution in [0.2, 0.25) is 0 Å². The van der Waals surface area contributed by atoms with Crippen LogP contribution >= 0.6 is 22.6 Å². The molecular formula is C16H21IN4. The minimum Gasteiger partial charge on any atom is -0.383 e. The van der Waals surface area contributed by atoms with Gasteiger partial charge in [0.25, 0.3) is 0 Å². The number of aryl methyl sites for hydroxylation is 1. The lowest BCUT2D eigenvalue weighted by atomic mass is 10.0. The van der Waals surface area contributed by atoms with E-state index in [4.69, 9.17) is 5.73 Å². The molecule has 1 aliphatic heterocycles. The molecule has 2 heterocycles. The van der Waals surface area contributed by atoms with E-state index in [0.29, 0.717) is 6.04 Å². The minimum absolute atomic E-state index is 0.393. The molecule has 1 atom stereocenters. The zero-order valence-electron chi connectivity index (χ0n) is 12.3. The lowest BCUT2D eigenvalue weighted by Gasteiger charge is -2.33. The van der Waals surface area contributed by atoms with Crippen LogP contribution in [-0.2, 0) is 6.54 Å². The van der Waals surface area contributed by atoms with Crippen molar-refractivity contribution in [1.82, 2.24) is 14.7 Å². The molecule has 2 aromatic rings. The zero-order valence-corrected chi connectivity index (χ0v) is 14.5. The van der Waals surface area contributed by atoms with Gasteiger partial charge in [0.1, 0.15) is 5.82 Å². The summed E-state index contributed by atoms with van der Waals surface area (Å²) in [6.45, 7) is 5.22. The van der Waals surface area contributed by atoms with E-state index in [9.17, 15) is 0 Å². The van der Waals surface area contributed by atoms with Gasteiger partial charge in [-0.2, -0.15) is 5.10 Å². The number of nitrogens with two attached hydrogens (primary N) is 1. The first kappa shape index (κ1) is 14.8. The standard InChI is InChI=1S/C16H21IN4/c1-12-15(17)16(18)21(19-12)14-8-5-9-20(11-14)10-13-6-3-2-4-7-13/h2-4,6-7,14H,5,8-11,18H2,1H3. The number of aromatic nitrogens is 2. The molecule has 0 saturated carbocycles. The largest absolute Gasteiger partial charge is 0.383 e. The number of hydrogen-bond acceptors (Lipinski definition) is 3. The lowest BCUT2D eigenvalue weighted by Crippen LogP contribution is -2.36. The van der Waals surface area contributed by atoms with Crippen molar-refractivity contribution in [2.24, 2.45) is 0 Å². The lowest BCUT2D eigenvalue weighted by molar-refractivity contribution is 0.164. The van der Waals surface area contributed by atoms with Gasteiger partial charge in [0, 0.05) is 13.1 Å². The highest BCUT2D eigenvalue weighted by Crippen LogP contribution is 2.28. The number of halogens is 1. The van der Waals surface area contributed by atoms with Gasteiger partial charge in [-0.05, 0) is 54.5 Å². The summed E-state index contributed by atoms with van der Waals surface area (Å²) in [5, 5.41) is 4.63. The van der Waals surface area contributed by atoms with Crippen molar-refractivity contribution < 1.29 is 0 Å². The van der Waals surface area contributed by atoms with Crippen LogP contribution in [0.4, 0.5) is 5.82 Å². The minimum atomic E-state index is 0.393. The molecule has 1 aliphatic rings. The first-order chi connectivity index (χ1) is 10.1. The molecule has 0 bridgehead atoms. The third-order valence-corrected chi connectivity index (χ3v) is 5.46. The number of anilines is 1.